The summed E-state index contributed by atoms with van der Waals surface area (Å²) in [5, 5.41) is 2.57. The third-order valence-corrected chi connectivity index (χ3v) is 2.67. The summed E-state index contributed by atoms with van der Waals surface area (Å²) in [6, 6.07) is 10.6. The zero-order valence-electron chi connectivity index (χ0n) is 9.28. The van der Waals surface area contributed by atoms with Crippen LogP contribution in [0.25, 0.3) is 0 Å². The van der Waals surface area contributed by atoms with Gasteiger partial charge in [0, 0.05) is 11.3 Å². The van der Waals surface area contributed by atoms with Crippen molar-refractivity contribution in [3.63, 3.8) is 0 Å². The molecular formula is C13H10ClFN2O. The first kappa shape index (κ1) is 12.4. The normalized spacial score (nSPS) is 10.1. The lowest BCUT2D eigenvalue weighted by atomic mass is 10.2. The van der Waals surface area contributed by atoms with Crippen LogP contribution in [0, 0.1) is 5.82 Å². The maximum atomic E-state index is 13.5. The smallest absolute Gasteiger partial charge is 0.255 e. The summed E-state index contributed by atoms with van der Waals surface area (Å²) in [4.78, 5) is 11.9. The van der Waals surface area contributed by atoms with Crippen molar-refractivity contribution in [1.82, 2.24) is 0 Å². The van der Waals surface area contributed by atoms with Crippen LogP contribution in [-0.2, 0) is 0 Å². The largest absolute Gasteiger partial charge is 0.399 e. The molecule has 0 atom stereocenters. The van der Waals surface area contributed by atoms with Crippen LogP contribution in [-0.4, -0.2) is 5.91 Å². The lowest BCUT2D eigenvalue weighted by Gasteiger charge is -2.08. The molecule has 3 nitrogen and oxygen atoms in total. The van der Waals surface area contributed by atoms with E-state index in [-0.39, 0.29) is 10.7 Å². The van der Waals surface area contributed by atoms with Crippen LogP contribution in [0.5, 0.6) is 0 Å². The molecule has 0 aliphatic rings. The number of carbonyl (C=O) groups is 1. The van der Waals surface area contributed by atoms with E-state index in [0.717, 1.165) is 0 Å². The Morgan fingerprint density at radius 3 is 2.61 bits per heavy atom. The number of benzene rings is 2. The number of nitrogens with one attached hydrogen (secondary N) is 1. The number of rotatable bonds is 2. The molecule has 2 rings (SSSR count). The molecule has 1 amide bonds. The molecule has 3 N–H and O–H groups in total. The summed E-state index contributed by atoms with van der Waals surface area (Å²) >= 11 is 5.81. The number of nitrogens with two attached hydrogens (primary N) is 1. The quantitative estimate of drug-likeness (QED) is 0.818. The van der Waals surface area contributed by atoms with E-state index >= 15 is 0 Å². The molecule has 0 saturated heterocycles. The maximum absolute atomic E-state index is 13.5. The molecule has 0 radical (unpaired) electrons. The van der Waals surface area contributed by atoms with Crippen molar-refractivity contribution in [1.29, 1.82) is 0 Å². The van der Waals surface area contributed by atoms with Gasteiger partial charge in [0.05, 0.1) is 10.7 Å². The van der Waals surface area contributed by atoms with Crippen LogP contribution in [0.1, 0.15) is 10.4 Å². The molecule has 0 aliphatic carbocycles. The van der Waals surface area contributed by atoms with Crippen LogP contribution in [0.2, 0.25) is 5.02 Å². The Morgan fingerprint density at radius 2 is 1.94 bits per heavy atom. The first-order valence-electron chi connectivity index (χ1n) is 5.19. The zero-order valence-corrected chi connectivity index (χ0v) is 10.0. The minimum Gasteiger partial charge on any atom is -0.399 e. The van der Waals surface area contributed by atoms with Crippen molar-refractivity contribution in [2.24, 2.45) is 0 Å². The molecule has 2 aromatic carbocycles. The maximum Gasteiger partial charge on any atom is 0.255 e. The summed E-state index contributed by atoms with van der Waals surface area (Å²) in [7, 11) is 0. The number of hydrogen-bond acceptors (Lipinski definition) is 2. The fourth-order valence-corrected chi connectivity index (χ4v) is 1.69. The van der Waals surface area contributed by atoms with Crippen molar-refractivity contribution >= 4 is 28.9 Å². The average molecular weight is 265 g/mol. The average Bonchev–Trinajstić information content (AvgIpc) is 2.34. The van der Waals surface area contributed by atoms with Gasteiger partial charge in [-0.25, -0.2) is 4.39 Å². The summed E-state index contributed by atoms with van der Waals surface area (Å²) < 4.78 is 13.5. The summed E-state index contributed by atoms with van der Waals surface area (Å²) in [6.07, 6.45) is 0. The van der Waals surface area contributed by atoms with Gasteiger partial charge in [-0.3, -0.25) is 4.79 Å². The SMILES string of the molecule is Nc1cccc(C(=O)Nc2c(F)cccc2Cl)c1. The van der Waals surface area contributed by atoms with E-state index in [1.54, 1.807) is 18.2 Å². The number of amides is 1. The van der Waals surface area contributed by atoms with Crippen molar-refractivity contribution in [2.45, 2.75) is 0 Å². The van der Waals surface area contributed by atoms with Crippen molar-refractivity contribution in [2.75, 3.05) is 11.1 Å². The lowest BCUT2D eigenvalue weighted by molar-refractivity contribution is 0.102. The van der Waals surface area contributed by atoms with Crippen LogP contribution < -0.4 is 11.1 Å². The number of hydrogen-bond donors (Lipinski definition) is 2. The molecule has 0 spiro atoms. The van der Waals surface area contributed by atoms with E-state index in [0.29, 0.717) is 11.3 Å². The lowest BCUT2D eigenvalue weighted by Crippen LogP contribution is -2.13. The van der Waals surface area contributed by atoms with Gasteiger partial charge in [0.15, 0.2) is 0 Å². The molecule has 0 heterocycles. The standard InChI is InChI=1S/C13H10ClFN2O/c14-10-5-2-6-11(15)12(10)17-13(18)8-3-1-4-9(16)7-8/h1-7H,16H2,(H,17,18). The highest BCUT2D eigenvalue weighted by Gasteiger charge is 2.12. The van der Waals surface area contributed by atoms with E-state index in [2.05, 4.69) is 5.32 Å². The zero-order chi connectivity index (χ0) is 13.1. The van der Waals surface area contributed by atoms with Crippen molar-refractivity contribution in [3.8, 4) is 0 Å². The van der Waals surface area contributed by atoms with Gasteiger partial charge in [-0.1, -0.05) is 23.7 Å². The van der Waals surface area contributed by atoms with Gasteiger partial charge in [0.2, 0.25) is 0 Å². The second-order valence-corrected chi connectivity index (χ2v) is 4.08. The second-order valence-electron chi connectivity index (χ2n) is 3.68. The third-order valence-electron chi connectivity index (χ3n) is 2.35. The van der Waals surface area contributed by atoms with Crippen LogP contribution >= 0.6 is 11.6 Å². The molecule has 18 heavy (non-hydrogen) atoms. The van der Waals surface area contributed by atoms with E-state index in [9.17, 15) is 9.18 Å². The van der Waals surface area contributed by atoms with Crippen molar-refractivity contribution < 1.29 is 9.18 Å². The minimum absolute atomic E-state index is 0.0356. The Balaban J connectivity index is 2.27. The Morgan fingerprint density at radius 1 is 1.22 bits per heavy atom. The minimum atomic E-state index is -0.584. The fraction of sp³-hybridized carbons (Fsp3) is 0. The number of nitrogen functional groups attached to an aromatic ring is 1. The Labute approximate surface area is 108 Å². The van der Waals surface area contributed by atoms with Gasteiger partial charge in [-0.15, -0.1) is 0 Å². The van der Waals surface area contributed by atoms with Crippen LogP contribution in [0.15, 0.2) is 42.5 Å². The Kier molecular flexibility index (Phi) is 3.48. The van der Waals surface area contributed by atoms with Gasteiger partial charge in [-0.05, 0) is 30.3 Å². The number of halogens is 2. The van der Waals surface area contributed by atoms with Gasteiger partial charge < -0.3 is 11.1 Å². The summed E-state index contributed by atoms with van der Waals surface area (Å²) in [5.41, 5.74) is 6.34. The Hall–Kier alpha value is -2.07. The highest BCUT2D eigenvalue weighted by molar-refractivity contribution is 6.34. The molecule has 0 unspecified atom stereocenters. The van der Waals surface area contributed by atoms with E-state index < -0.39 is 11.7 Å². The number of anilines is 2. The van der Waals surface area contributed by atoms with Crippen LogP contribution in [0.3, 0.4) is 0 Å². The first-order chi connectivity index (χ1) is 8.58. The molecule has 0 aromatic heterocycles. The van der Waals surface area contributed by atoms with E-state index in [1.165, 1.54) is 24.3 Å². The highest BCUT2D eigenvalue weighted by Crippen LogP contribution is 2.25. The van der Waals surface area contributed by atoms with E-state index in [4.69, 9.17) is 17.3 Å². The molecule has 0 aliphatic heterocycles. The predicted octanol–water partition coefficient (Wildman–Crippen LogP) is 3.31. The Bertz CT molecular complexity index is 581. The molecule has 0 saturated carbocycles. The molecule has 0 fully saturated rings. The number of carbonyl (C=O) groups excluding carboxylic acids is 1. The molecule has 0 bridgehead atoms. The molecule has 5 heteroatoms. The number of para-hydroxylation sites is 1. The van der Waals surface area contributed by atoms with Gasteiger partial charge in [-0.2, -0.15) is 0 Å². The topological polar surface area (TPSA) is 55.1 Å². The monoisotopic (exact) mass is 264 g/mol. The molecule has 2 aromatic rings. The van der Waals surface area contributed by atoms with Gasteiger partial charge in [0.25, 0.3) is 5.91 Å². The third kappa shape index (κ3) is 2.60. The summed E-state index contributed by atoms with van der Waals surface area (Å²) in [6.45, 7) is 0. The second kappa shape index (κ2) is 5.06. The van der Waals surface area contributed by atoms with Crippen LogP contribution in [0.4, 0.5) is 15.8 Å². The first-order valence-corrected chi connectivity index (χ1v) is 5.56. The summed E-state index contributed by atoms with van der Waals surface area (Å²) in [5.74, 6) is -1.05. The molecule has 92 valence electrons. The highest BCUT2D eigenvalue weighted by atomic mass is 35.5. The van der Waals surface area contributed by atoms with E-state index in [1.807, 2.05) is 0 Å². The van der Waals surface area contributed by atoms with Crippen molar-refractivity contribution in [3.05, 3.63) is 58.9 Å². The predicted molar refractivity (Wildman–Crippen MR) is 70.2 cm³/mol. The molecular weight excluding hydrogens is 255 g/mol. The fourth-order valence-electron chi connectivity index (χ4n) is 1.48. The van der Waals surface area contributed by atoms with Gasteiger partial charge in [0.1, 0.15) is 5.82 Å². The van der Waals surface area contributed by atoms with Gasteiger partial charge >= 0.3 is 0 Å².